The number of hydrogen-bond acceptors (Lipinski definition) is 3. The Kier molecular flexibility index (Phi) is 8.46. The number of nitrogens with two attached hydrogens (primary N) is 1. The lowest BCUT2D eigenvalue weighted by Crippen LogP contribution is -2.41. The molecular weight excluding hydrogens is 276 g/mol. The molecule has 0 aliphatic rings. The van der Waals surface area contributed by atoms with Crippen molar-refractivity contribution in [2.75, 3.05) is 13.7 Å². The van der Waals surface area contributed by atoms with Crippen LogP contribution >= 0.6 is 12.4 Å². The van der Waals surface area contributed by atoms with Gasteiger partial charge in [0.05, 0.1) is 6.04 Å². The van der Waals surface area contributed by atoms with Gasteiger partial charge in [-0.3, -0.25) is 4.79 Å². The van der Waals surface area contributed by atoms with Gasteiger partial charge in [0.15, 0.2) is 0 Å². The van der Waals surface area contributed by atoms with Crippen molar-refractivity contribution >= 4 is 18.3 Å². The van der Waals surface area contributed by atoms with Crippen LogP contribution < -0.4 is 11.1 Å². The second-order valence-electron chi connectivity index (χ2n) is 5.01. The summed E-state index contributed by atoms with van der Waals surface area (Å²) in [6.45, 7) is 6.45. The van der Waals surface area contributed by atoms with Crippen LogP contribution in [-0.4, -0.2) is 25.7 Å². The second-order valence-corrected chi connectivity index (χ2v) is 5.01. The van der Waals surface area contributed by atoms with Gasteiger partial charge in [-0.05, 0) is 24.0 Å². The van der Waals surface area contributed by atoms with Gasteiger partial charge in [0, 0.05) is 13.7 Å². The van der Waals surface area contributed by atoms with E-state index in [1.165, 1.54) is 12.7 Å². The third-order valence-corrected chi connectivity index (χ3v) is 3.25. The fraction of sp³-hybridized carbons (Fsp3) is 0.533. The molecular formula is C15H25ClN2O2. The highest BCUT2D eigenvalue weighted by atomic mass is 35.5. The number of benzene rings is 1. The average Bonchev–Trinajstić information content (AvgIpc) is 2.40. The molecule has 5 heteroatoms. The molecule has 0 radical (unpaired) electrons. The summed E-state index contributed by atoms with van der Waals surface area (Å²) >= 11 is 0. The lowest BCUT2D eigenvalue weighted by Gasteiger charge is -2.19. The lowest BCUT2D eigenvalue weighted by molar-refractivity contribution is -0.131. The molecule has 0 heterocycles. The molecule has 2 atom stereocenters. The highest BCUT2D eigenvalue weighted by Crippen LogP contribution is 2.18. The summed E-state index contributed by atoms with van der Waals surface area (Å²) in [7, 11) is 1.49. The van der Waals surface area contributed by atoms with Crippen LogP contribution in [0.25, 0.3) is 0 Å². The number of ether oxygens (including phenoxy) is 1. The zero-order valence-electron chi connectivity index (χ0n) is 12.6. The molecule has 3 N–H and O–H groups in total. The van der Waals surface area contributed by atoms with E-state index >= 15 is 0 Å². The summed E-state index contributed by atoms with van der Waals surface area (Å²) in [6, 6.07) is 8.23. The summed E-state index contributed by atoms with van der Waals surface area (Å²) in [6.07, 6.45) is -0.586. The monoisotopic (exact) mass is 300 g/mol. The van der Waals surface area contributed by atoms with Gasteiger partial charge in [0.25, 0.3) is 5.91 Å². The largest absolute Gasteiger partial charge is 0.370 e. The molecule has 20 heavy (non-hydrogen) atoms. The maximum Gasteiger partial charge on any atom is 0.250 e. The lowest BCUT2D eigenvalue weighted by atomic mass is 9.99. The van der Waals surface area contributed by atoms with Gasteiger partial charge in [-0.25, -0.2) is 0 Å². The highest BCUT2D eigenvalue weighted by Gasteiger charge is 2.18. The Hall–Kier alpha value is -1.10. The average molecular weight is 301 g/mol. The first-order valence-electron chi connectivity index (χ1n) is 6.62. The highest BCUT2D eigenvalue weighted by molar-refractivity contribution is 5.85. The third-order valence-electron chi connectivity index (χ3n) is 3.25. The van der Waals surface area contributed by atoms with Crippen molar-refractivity contribution in [3.05, 3.63) is 35.4 Å². The number of nitrogens with one attached hydrogen (secondary N) is 1. The zero-order chi connectivity index (χ0) is 14.4. The van der Waals surface area contributed by atoms with Crippen molar-refractivity contribution in [3.8, 4) is 0 Å². The first-order valence-corrected chi connectivity index (χ1v) is 6.62. The number of hydrogen-bond donors (Lipinski definition) is 2. The predicted molar refractivity (Wildman–Crippen MR) is 84.2 cm³/mol. The first kappa shape index (κ1) is 18.9. The second kappa shape index (κ2) is 8.95. The molecule has 0 aliphatic carbocycles. The summed E-state index contributed by atoms with van der Waals surface area (Å²) in [5, 5.41) is 2.90. The van der Waals surface area contributed by atoms with Crippen molar-refractivity contribution in [3.63, 3.8) is 0 Å². The number of carbonyl (C=O) groups excluding carboxylic acids is 1. The van der Waals surface area contributed by atoms with E-state index in [4.69, 9.17) is 10.5 Å². The van der Waals surface area contributed by atoms with E-state index in [0.29, 0.717) is 5.92 Å². The Labute approximate surface area is 127 Å². The number of halogens is 1. The zero-order valence-corrected chi connectivity index (χ0v) is 13.4. The van der Waals surface area contributed by atoms with Crippen molar-refractivity contribution in [2.24, 2.45) is 5.73 Å². The quantitative estimate of drug-likeness (QED) is 0.848. The van der Waals surface area contributed by atoms with Gasteiger partial charge in [-0.2, -0.15) is 0 Å². The maximum atomic E-state index is 11.8. The molecule has 0 aliphatic heterocycles. The molecule has 0 fully saturated rings. The van der Waals surface area contributed by atoms with E-state index in [0.717, 1.165) is 5.56 Å². The van der Waals surface area contributed by atoms with Gasteiger partial charge in [0.1, 0.15) is 6.10 Å². The fourth-order valence-corrected chi connectivity index (χ4v) is 1.87. The summed E-state index contributed by atoms with van der Waals surface area (Å²) in [5.74, 6) is 0.333. The number of amides is 1. The van der Waals surface area contributed by atoms with Crippen LogP contribution in [0.3, 0.4) is 0 Å². The normalized spacial score (nSPS) is 13.5. The SMILES string of the molecule is COC(CN)C(=O)NC(C)c1ccc(C(C)C)cc1.Cl. The summed E-state index contributed by atoms with van der Waals surface area (Å²) in [5.41, 5.74) is 7.83. The minimum atomic E-state index is -0.586. The first-order chi connectivity index (χ1) is 8.99. The van der Waals surface area contributed by atoms with E-state index < -0.39 is 6.10 Å². The topological polar surface area (TPSA) is 64.3 Å². The van der Waals surface area contributed by atoms with Crippen LogP contribution in [0.15, 0.2) is 24.3 Å². The van der Waals surface area contributed by atoms with Gasteiger partial charge in [-0.15, -0.1) is 12.4 Å². The van der Waals surface area contributed by atoms with Crippen LogP contribution in [0.4, 0.5) is 0 Å². The molecule has 0 bridgehead atoms. The van der Waals surface area contributed by atoms with Crippen molar-refractivity contribution in [1.82, 2.24) is 5.32 Å². The van der Waals surface area contributed by atoms with Gasteiger partial charge in [-0.1, -0.05) is 38.1 Å². The van der Waals surface area contributed by atoms with Crippen LogP contribution in [0, 0.1) is 0 Å². The number of rotatable bonds is 6. The van der Waals surface area contributed by atoms with Crippen molar-refractivity contribution < 1.29 is 9.53 Å². The van der Waals surface area contributed by atoms with Gasteiger partial charge < -0.3 is 15.8 Å². The predicted octanol–water partition coefficient (Wildman–Crippen LogP) is 2.38. The fourth-order valence-electron chi connectivity index (χ4n) is 1.87. The maximum absolute atomic E-state index is 11.8. The third kappa shape index (κ3) is 5.12. The Bertz CT molecular complexity index is 403. The standard InChI is InChI=1S/C15H24N2O2.ClH/c1-10(2)12-5-7-13(8-6-12)11(3)17-15(18)14(9-16)19-4;/h5-8,10-11,14H,9,16H2,1-4H3,(H,17,18);1H. The molecule has 0 saturated carbocycles. The molecule has 0 saturated heterocycles. The summed E-state index contributed by atoms with van der Waals surface area (Å²) in [4.78, 5) is 11.8. The van der Waals surface area contributed by atoms with E-state index in [1.54, 1.807) is 0 Å². The van der Waals surface area contributed by atoms with Crippen molar-refractivity contribution in [1.29, 1.82) is 0 Å². The van der Waals surface area contributed by atoms with Crippen LogP contribution in [-0.2, 0) is 9.53 Å². The molecule has 2 unspecified atom stereocenters. The van der Waals surface area contributed by atoms with Gasteiger partial charge in [0.2, 0.25) is 0 Å². The molecule has 1 amide bonds. The van der Waals surface area contributed by atoms with E-state index in [1.807, 2.05) is 19.1 Å². The van der Waals surface area contributed by atoms with Crippen LogP contribution in [0.2, 0.25) is 0 Å². The Morgan fingerprint density at radius 1 is 1.20 bits per heavy atom. The Balaban J connectivity index is 0.00000361. The number of methoxy groups -OCH3 is 1. The molecule has 4 nitrogen and oxygen atoms in total. The molecule has 1 rings (SSSR count). The minimum absolute atomic E-state index is 0. The molecule has 0 spiro atoms. The van der Waals surface area contributed by atoms with E-state index in [9.17, 15) is 4.79 Å². The summed E-state index contributed by atoms with van der Waals surface area (Å²) < 4.78 is 5.01. The smallest absolute Gasteiger partial charge is 0.250 e. The molecule has 1 aromatic rings. The van der Waals surface area contributed by atoms with Crippen LogP contribution in [0.1, 0.15) is 43.9 Å². The molecule has 114 valence electrons. The Morgan fingerprint density at radius 2 is 1.70 bits per heavy atom. The van der Waals surface area contributed by atoms with Gasteiger partial charge >= 0.3 is 0 Å². The van der Waals surface area contributed by atoms with Crippen molar-refractivity contribution in [2.45, 2.75) is 38.8 Å². The number of carbonyl (C=O) groups is 1. The van der Waals surface area contributed by atoms with Crippen LogP contribution in [0.5, 0.6) is 0 Å². The Morgan fingerprint density at radius 3 is 2.10 bits per heavy atom. The molecule has 0 aromatic heterocycles. The van der Waals surface area contributed by atoms with E-state index in [2.05, 4.69) is 31.3 Å². The molecule has 1 aromatic carbocycles. The minimum Gasteiger partial charge on any atom is -0.370 e. The van der Waals surface area contributed by atoms with E-state index in [-0.39, 0.29) is 30.9 Å².